The highest BCUT2D eigenvalue weighted by atomic mass is 19.1. The van der Waals surface area contributed by atoms with Crippen molar-refractivity contribution in [2.45, 2.75) is 62.4 Å². The summed E-state index contributed by atoms with van der Waals surface area (Å²) in [5, 5.41) is 13.4. The van der Waals surface area contributed by atoms with E-state index in [9.17, 15) is 9.18 Å². The number of hydrogen-bond donors (Lipinski definition) is 3. The molecule has 3 N–H and O–H groups in total. The second kappa shape index (κ2) is 7.68. The summed E-state index contributed by atoms with van der Waals surface area (Å²) in [6.07, 6.45) is 4.84. The highest BCUT2D eigenvalue weighted by molar-refractivity contribution is 5.69. The number of aromatic amines is 1. The fourth-order valence-corrected chi connectivity index (χ4v) is 5.34. The van der Waals surface area contributed by atoms with Crippen LogP contribution >= 0.6 is 0 Å². The summed E-state index contributed by atoms with van der Waals surface area (Å²) in [5.41, 5.74) is 2.25. The van der Waals surface area contributed by atoms with Gasteiger partial charge in [0.2, 0.25) is 5.95 Å². The largest absolute Gasteiger partial charge is 0.443 e. The normalized spacial score (nSPS) is 30.0. The Morgan fingerprint density at radius 3 is 2.97 bits per heavy atom. The van der Waals surface area contributed by atoms with Crippen molar-refractivity contribution in [2.75, 3.05) is 12.4 Å². The van der Waals surface area contributed by atoms with Gasteiger partial charge in [0, 0.05) is 42.7 Å². The molecule has 0 unspecified atom stereocenters. The van der Waals surface area contributed by atoms with Crippen molar-refractivity contribution in [3.63, 3.8) is 0 Å². The summed E-state index contributed by atoms with van der Waals surface area (Å²) in [4.78, 5) is 21.1. The van der Waals surface area contributed by atoms with Crippen molar-refractivity contribution in [1.29, 1.82) is 0 Å². The van der Waals surface area contributed by atoms with Crippen molar-refractivity contribution in [1.82, 2.24) is 29.9 Å². The molecule has 4 aliphatic carbocycles. The molecule has 11 heteroatoms. The number of hydrogen-bond acceptors (Lipinski definition) is 7. The second-order valence-corrected chi connectivity index (χ2v) is 9.51. The predicted molar refractivity (Wildman–Crippen MR) is 116 cm³/mol. The topological polar surface area (TPSA) is 118 Å². The number of alkyl halides is 1. The molecule has 4 saturated carbocycles. The Balaban J connectivity index is 1.10. The number of nitrogens with one attached hydrogen (secondary N) is 3. The van der Waals surface area contributed by atoms with Crippen LogP contribution in [0, 0.1) is 5.92 Å². The van der Waals surface area contributed by atoms with Gasteiger partial charge in [-0.25, -0.2) is 19.2 Å². The molecule has 0 saturated heterocycles. The molecule has 0 aliphatic heterocycles. The van der Waals surface area contributed by atoms with Crippen molar-refractivity contribution >= 4 is 23.5 Å². The van der Waals surface area contributed by atoms with E-state index in [4.69, 9.17) is 9.47 Å². The number of carbonyl (C=O) groups excluding carboxylic acids is 1. The first-order chi connectivity index (χ1) is 16.0. The number of H-pyrrole nitrogens is 1. The van der Waals surface area contributed by atoms with E-state index in [-0.39, 0.29) is 17.9 Å². The summed E-state index contributed by atoms with van der Waals surface area (Å²) in [6.45, 7) is 0.405. The molecule has 0 spiro atoms. The zero-order valence-corrected chi connectivity index (χ0v) is 18.3. The third-order valence-corrected chi connectivity index (χ3v) is 7.10. The van der Waals surface area contributed by atoms with Crippen LogP contribution in [0.25, 0.3) is 5.65 Å². The van der Waals surface area contributed by atoms with Crippen LogP contribution in [-0.2, 0) is 16.1 Å². The Bertz CT molecular complexity index is 1180. The Labute approximate surface area is 189 Å². The Kier molecular flexibility index (Phi) is 4.75. The first kappa shape index (κ1) is 20.4. The number of ether oxygens (including phenoxy) is 2. The van der Waals surface area contributed by atoms with Crippen molar-refractivity contribution in [3.05, 3.63) is 35.9 Å². The molecular weight excluding hydrogens is 429 g/mol. The molecule has 4 aliphatic rings. The van der Waals surface area contributed by atoms with Gasteiger partial charge >= 0.3 is 6.09 Å². The Morgan fingerprint density at radius 1 is 1.36 bits per heavy atom. The van der Waals surface area contributed by atoms with Gasteiger partial charge in [0.05, 0.1) is 12.3 Å². The van der Waals surface area contributed by atoms with Gasteiger partial charge < -0.3 is 20.1 Å². The Hall–Kier alpha value is -3.21. The lowest BCUT2D eigenvalue weighted by atomic mass is 9.50. The van der Waals surface area contributed by atoms with E-state index >= 15 is 0 Å². The average molecular weight is 455 g/mol. The second-order valence-electron chi connectivity index (χ2n) is 9.51. The number of methoxy groups -OCH3 is 1. The number of fused-ring (bicyclic) bond motifs is 1. The molecule has 3 atom stereocenters. The van der Waals surface area contributed by atoms with Gasteiger partial charge in [-0.05, 0) is 44.1 Å². The minimum absolute atomic E-state index is 0.0774. The maximum atomic E-state index is 14.6. The molecule has 174 valence electrons. The third-order valence-electron chi connectivity index (χ3n) is 7.10. The SMILES string of the molecule is COCc1cn2c(Nc3cc([C@H]4C[C@@H](F)[C@@H](OC(=O)NC56CC(C5)C6)C4)[nH]n3)nccc2n1. The highest BCUT2D eigenvalue weighted by Gasteiger charge is 2.58. The van der Waals surface area contributed by atoms with Gasteiger partial charge in [-0.2, -0.15) is 5.10 Å². The number of nitrogens with zero attached hydrogens (tertiary/aromatic N) is 4. The van der Waals surface area contributed by atoms with Crippen molar-refractivity contribution in [2.24, 2.45) is 5.92 Å². The van der Waals surface area contributed by atoms with Gasteiger partial charge in [0.15, 0.2) is 5.82 Å². The number of amides is 1. The molecule has 3 aromatic rings. The van der Waals surface area contributed by atoms with Gasteiger partial charge in [-0.15, -0.1) is 0 Å². The molecule has 4 fully saturated rings. The van der Waals surface area contributed by atoms with Crippen LogP contribution in [0.4, 0.5) is 21.0 Å². The number of alkyl carbamates (subject to hydrolysis) is 1. The van der Waals surface area contributed by atoms with Crippen LogP contribution in [0.3, 0.4) is 0 Å². The van der Waals surface area contributed by atoms with Gasteiger partial charge in [-0.1, -0.05) is 0 Å². The first-order valence-electron chi connectivity index (χ1n) is 11.3. The van der Waals surface area contributed by atoms with Gasteiger partial charge in [0.25, 0.3) is 0 Å². The van der Waals surface area contributed by atoms with Gasteiger partial charge in [0.1, 0.15) is 17.9 Å². The Morgan fingerprint density at radius 2 is 2.21 bits per heavy atom. The molecule has 7 rings (SSSR count). The van der Waals surface area contributed by atoms with Crippen LogP contribution in [-0.4, -0.2) is 55.6 Å². The van der Waals surface area contributed by atoms with E-state index < -0.39 is 18.4 Å². The minimum Gasteiger partial charge on any atom is -0.443 e. The molecule has 0 radical (unpaired) electrons. The maximum Gasteiger partial charge on any atom is 0.407 e. The van der Waals surface area contributed by atoms with E-state index in [2.05, 4.69) is 30.8 Å². The number of imidazole rings is 1. The van der Waals surface area contributed by atoms with Crippen molar-refractivity contribution < 1.29 is 18.7 Å². The quantitative estimate of drug-likeness (QED) is 0.501. The van der Waals surface area contributed by atoms with Crippen molar-refractivity contribution in [3.8, 4) is 0 Å². The summed E-state index contributed by atoms with van der Waals surface area (Å²) in [5.74, 6) is 1.76. The lowest BCUT2D eigenvalue weighted by Gasteiger charge is -2.61. The van der Waals surface area contributed by atoms with Crippen LogP contribution in [0.15, 0.2) is 24.5 Å². The fourth-order valence-electron chi connectivity index (χ4n) is 5.34. The molecular formula is C22H26FN7O3. The highest BCUT2D eigenvalue weighted by Crippen LogP contribution is 2.57. The molecule has 10 nitrogen and oxygen atoms in total. The number of aromatic nitrogens is 5. The van der Waals surface area contributed by atoms with Crippen LogP contribution in [0.2, 0.25) is 0 Å². The molecule has 2 bridgehead atoms. The van der Waals surface area contributed by atoms with E-state index in [1.54, 1.807) is 13.3 Å². The van der Waals surface area contributed by atoms with E-state index in [0.29, 0.717) is 24.8 Å². The third kappa shape index (κ3) is 3.69. The minimum atomic E-state index is -1.20. The smallest absolute Gasteiger partial charge is 0.407 e. The molecule has 0 aromatic carbocycles. The molecule has 33 heavy (non-hydrogen) atoms. The zero-order chi connectivity index (χ0) is 22.6. The summed E-state index contributed by atoms with van der Waals surface area (Å²) in [6, 6.07) is 3.65. The number of anilines is 2. The molecule has 3 aromatic heterocycles. The van der Waals surface area contributed by atoms with Crippen LogP contribution in [0.1, 0.15) is 49.4 Å². The van der Waals surface area contributed by atoms with Crippen LogP contribution in [0.5, 0.6) is 0 Å². The fraction of sp³-hybridized carbons (Fsp3) is 0.545. The lowest BCUT2D eigenvalue weighted by molar-refractivity contribution is -0.0530. The molecule has 3 heterocycles. The first-order valence-corrected chi connectivity index (χ1v) is 11.3. The number of rotatable bonds is 7. The molecule has 1 amide bonds. The van der Waals surface area contributed by atoms with Gasteiger partial charge in [-0.3, -0.25) is 9.50 Å². The van der Waals surface area contributed by atoms with E-state index in [0.717, 1.165) is 42.2 Å². The standard InChI is InChI=1S/C22H26FN7O3/c1-32-11-14-10-30-19(25-14)2-3-24-20(30)26-18-6-16(28-29-18)13-4-15(23)17(5-13)33-21(31)27-22-7-12(8-22)9-22/h2-3,6,10,12-13,15,17H,4-5,7-9,11H2,1H3,(H,27,31)(H2,24,26,28,29)/t12?,13-,15+,17-,22?/m0/s1. The average Bonchev–Trinajstić information content (AvgIpc) is 3.44. The predicted octanol–water partition coefficient (Wildman–Crippen LogP) is 3.21. The van der Waals surface area contributed by atoms with Crippen LogP contribution < -0.4 is 10.6 Å². The van der Waals surface area contributed by atoms with E-state index in [1.807, 2.05) is 22.7 Å². The number of carbonyl (C=O) groups is 1. The summed E-state index contributed by atoms with van der Waals surface area (Å²) >= 11 is 0. The summed E-state index contributed by atoms with van der Waals surface area (Å²) < 4.78 is 27.0. The number of halogens is 1. The van der Waals surface area contributed by atoms with E-state index in [1.165, 1.54) is 0 Å². The maximum absolute atomic E-state index is 14.6. The lowest BCUT2D eigenvalue weighted by Crippen LogP contribution is -2.68. The monoisotopic (exact) mass is 455 g/mol. The summed E-state index contributed by atoms with van der Waals surface area (Å²) in [7, 11) is 1.62. The zero-order valence-electron chi connectivity index (χ0n) is 18.3.